The average Bonchev–Trinajstić information content (AvgIpc) is 3.18. The van der Waals surface area contributed by atoms with E-state index in [0.717, 1.165) is 64.2 Å². The number of ether oxygens (including phenoxy) is 2. The zero-order chi connectivity index (χ0) is 41.4. The summed E-state index contributed by atoms with van der Waals surface area (Å²) in [4.78, 5) is 35.0. The standard InChI is InChI=1S/C44H75O11P/c1-3-5-7-9-11-13-15-17-18-20-22-24-26-28-30-34-43(48)52-38-42(39-54-56(50,51)53-37-41(47)36-45)55-44(49)35-31-33-40(46)32-29-27-25-23-21-19-16-14-12-10-8-6-4-2/h5,7,11,13,17-19,21,25,27,29,32,40-42,45-47H,3-4,6,8-10,12,14-16,20,22-24,26,28,30-31,33-39H2,1-2H3,(H,50,51)/b7-5-,13-11-,18-17-,21-19+,27-25+,32-29+/t40?,41-,42+/m0/s1. The molecule has 0 fully saturated rings. The molecule has 4 atom stereocenters. The van der Waals surface area contributed by atoms with Gasteiger partial charge < -0.3 is 29.7 Å². The van der Waals surface area contributed by atoms with Crippen molar-refractivity contribution in [3.8, 4) is 0 Å². The van der Waals surface area contributed by atoms with E-state index in [1.54, 1.807) is 12.2 Å². The monoisotopic (exact) mass is 811 g/mol. The van der Waals surface area contributed by atoms with Crippen molar-refractivity contribution in [2.45, 2.75) is 167 Å². The lowest BCUT2D eigenvalue weighted by molar-refractivity contribution is -0.161. The summed E-state index contributed by atoms with van der Waals surface area (Å²) in [5.74, 6) is -1.15. The first-order valence-corrected chi connectivity index (χ1v) is 22.5. The summed E-state index contributed by atoms with van der Waals surface area (Å²) in [6, 6.07) is 0. The van der Waals surface area contributed by atoms with Crippen LogP contribution >= 0.6 is 7.82 Å². The fraction of sp³-hybridized carbons (Fsp3) is 0.682. The van der Waals surface area contributed by atoms with Gasteiger partial charge in [-0.15, -0.1) is 0 Å². The van der Waals surface area contributed by atoms with Gasteiger partial charge >= 0.3 is 19.8 Å². The molecule has 0 heterocycles. The minimum atomic E-state index is -4.68. The second-order valence-electron chi connectivity index (χ2n) is 13.8. The van der Waals surface area contributed by atoms with E-state index < -0.39 is 64.5 Å². The lowest BCUT2D eigenvalue weighted by Crippen LogP contribution is -2.30. The van der Waals surface area contributed by atoms with Crippen molar-refractivity contribution in [1.82, 2.24) is 0 Å². The number of aliphatic hydroxyl groups is 3. The molecule has 2 unspecified atom stereocenters. The molecule has 56 heavy (non-hydrogen) atoms. The minimum absolute atomic E-state index is 0.0473. The van der Waals surface area contributed by atoms with Crippen molar-refractivity contribution in [3.63, 3.8) is 0 Å². The highest BCUT2D eigenvalue weighted by Gasteiger charge is 2.27. The Morgan fingerprint density at radius 1 is 0.625 bits per heavy atom. The first-order valence-electron chi connectivity index (χ1n) is 21.0. The zero-order valence-corrected chi connectivity index (χ0v) is 35.3. The highest BCUT2D eigenvalue weighted by molar-refractivity contribution is 7.47. The summed E-state index contributed by atoms with van der Waals surface area (Å²) in [6.45, 7) is 2.00. The highest BCUT2D eigenvalue weighted by Crippen LogP contribution is 2.43. The molecule has 0 bridgehead atoms. The molecular formula is C44H75O11P. The molecule has 12 heteroatoms. The molecule has 0 rings (SSSR count). The molecule has 0 aromatic carbocycles. The summed E-state index contributed by atoms with van der Waals surface area (Å²) in [5, 5.41) is 28.6. The van der Waals surface area contributed by atoms with E-state index >= 15 is 0 Å². The summed E-state index contributed by atoms with van der Waals surface area (Å²) in [7, 11) is -4.68. The Morgan fingerprint density at radius 3 is 1.82 bits per heavy atom. The molecule has 0 saturated carbocycles. The number of esters is 2. The van der Waals surface area contributed by atoms with Crippen LogP contribution in [-0.4, -0.2) is 76.9 Å². The van der Waals surface area contributed by atoms with Crippen molar-refractivity contribution >= 4 is 19.8 Å². The molecule has 0 radical (unpaired) electrons. The number of allylic oxidation sites excluding steroid dienone is 11. The quantitative estimate of drug-likeness (QED) is 0.0154. The van der Waals surface area contributed by atoms with Gasteiger partial charge in [-0.2, -0.15) is 0 Å². The molecule has 322 valence electrons. The summed E-state index contributed by atoms with van der Waals surface area (Å²) in [5.41, 5.74) is 0. The van der Waals surface area contributed by atoms with Crippen LogP contribution in [0.15, 0.2) is 72.9 Å². The van der Waals surface area contributed by atoms with E-state index in [4.69, 9.17) is 19.1 Å². The normalized spacial score (nSPS) is 15.2. The number of aliphatic hydroxyl groups excluding tert-OH is 3. The number of rotatable bonds is 38. The van der Waals surface area contributed by atoms with Crippen molar-refractivity contribution < 1.29 is 52.9 Å². The number of carbonyl (C=O) groups excluding carboxylic acids is 2. The maximum absolute atomic E-state index is 12.6. The third-order valence-corrected chi connectivity index (χ3v) is 9.40. The van der Waals surface area contributed by atoms with Crippen LogP contribution in [0.1, 0.15) is 149 Å². The van der Waals surface area contributed by atoms with Gasteiger partial charge in [0.05, 0.1) is 25.9 Å². The van der Waals surface area contributed by atoms with Gasteiger partial charge in [0, 0.05) is 12.8 Å². The molecule has 0 spiro atoms. The number of hydrogen-bond donors (Lipinski definition) is 4. The second-order valence-corrected chi connectivity index (χ2v) is 15.3. The molecule has 0 saturated heterocycles. The molecule has 0 aromatic heterocycles. The van der Waals surface area contributed by atoms with Gasteiger partial charge in [0.15, 0.2) is 6.10 Å². The van der Waals surface area contributed by atoms with E-state index in [2.05, 4.69) is 67.0 Å². The van der Waals surface area contributed by atoms with Gasteiger partial charge in [0.2, 0.25) is 0 Å². The maximum Gasteiger partial charge on any atom is 0.472 e. The topological polar surface area (TPSA) is 169 Å². The predicted molar refractivity (Wildman–Crippen MR) is 225 cm³/mol. The molecule has 4 N–H and O–H groups in total. The minimum Gasteiger partial charge on any atom is -0.462 e. The Hall–Kier alpha value is -2.63. The van der Waals surface area contributed by atoms with Crippen LogP contribution in [0.4, 0.5) is 0 Å². The first kappa shape index (κ1) is 53.4. The maximum atomic E-state index is 12.6. The van der Waals surface area contributed by atoms with E-state index in [9.17, 15) is 29.3 Å². The SMILES string of the molecule is CC/C=C\C/C=C\C/C=C\CCCCCCCC(=O)OC[C@H](COP(=O)(O)OC[C@@H](O)CO)OC(=O)CCCC(O)/C=C/C=C/C/C=C/CCCCCCCC. The average molecular weight is 811 g/mol. The van der Waals surface area contributed by atoms with Crippen LogP contribution in [-0.2, 0) is 32.7 Å². The summed E-state index contributed by atoms with van der Waals surface area (Å²) < 4.78 is 32.5. The summed E-state index contributed by atoms with van der Waals surface area (Å²) in [6.07, 6.45) is 40.4. The van der Waals surface area contributed by atoms with Crippen LogP contribution < -0.4 is 0 Å². The van der Waals surface area contributed by atoms with Gasteiger partial charge in [-0.3, -0.25) is 18.6 Å². The fourth-order valence-electron chi connectivity index (χ4n) is 5.19. The van der Waals surface area contributed by atoms with Crippen LogP contribution in [0, 0.1) is 0 Å². The molecule has 11 nitrogen and oxygen atoms in total. The van der Waals surface area contributed by atoms with Crippen molar-refractivity contribution in [3.05, 3.63) is 72.9 Å². The van der Waals surface area contributed by atoms with Crippen LogP contribution in [0.5, 0.6) is 0 Å². The van der Waals surface area contributed by atoms with Crippen LogP contribution in [0.25, 0.3) is 0 Å². The largest absolute Gasteiger partial charge is 0.472 e. The number of unbranched alkanes of at least 4 members (excludes halogenated alkanes) is 11. The van der Waals surface area contributed by atoms with Gasteiger partial charge in [-0.1, -0.05) is 138 Å². The Kier molecular flexibility index (Phi) is 37.4. The zero-order valence-electron chi connectivity index (χ0n) is 34.4. The Balaban J connectivity index is 4.55. The van der Waals surface area contributed by atoms with Crippen molar-refractivity contribution in [2.24, 2.45) is 0 Å². The lowest BCUT2D eigenvalue weighted by Gasteiger charge is -2.20. The third kappa shape index (κ3) is 38.3. The van der Waals surface area contributed by atoms with E-state index in [1.165, 1.54) is 38.5 Å². The molecule has 0 aliphatic rings. The van der Waals surface area contributed by atoms with Crippen molar-refractivity contribution in [2.75, 3.05) is 26.4 Å². The van der Waals surface area contributed by atoms with Gasteiger partial charge in [-0.25, -0.2) is 4.57 Å². The smallest absolute Gasteiger partial charge is 0.462 e. The van der Waals surface area contributed by atoms with Crippen LogP contribution in [0.3, 0.4) is 0 Å². The number of carbonyl (C=O) groups is 2. The number of phosphoric acid groups is 1. The highest BCUT2D eigenvalue weighted by atomic mass is 31.2. The second kappa shape index (κ2) is 39.2. The Bertz CT molecular complexity index is 1180. The molecule has 0 aromatic rings. The summed E-state index contributed by atoms with van der Waals surface area (Å²) >= 11 is 0. The van der Waals surface area contributed by atoms with E-state index in [0.29, 0.717) is 19.3 Å². The van der Waals surface area contributed by atoms with Gasteiger partial charge in [0.25, 0.3) is 0 Å². The predicted octanol–water partition coefficient (Wildman–Crippen LogP) is 9.86. The Morgan fingerprint density at radius 2 is 1.18 bits per heavy atom. The fourth-order valence-corrected chi connectivity index (χ4v) is 5.98. The van der Waals surface area contributed by atoms with Gasteiger partial charge in [-0.05, 0) is 70.6 Å². The van der Waals surface area contributed by atoms with Crippen molar-refractivity contribution in [1.29, 1.82) is 0 Å². The first-order chi connectivity index (χ1) is 27.1. The van der Waals surface area contributed by atoms with E-state index in [1.807, 2.05) is 12.2 Å². The Labute approximate surface area is 338 Å². The van der Waals surface area contributed by atoms with Gasteiger partial charge in [0.1, 0.15) is 12.7 Å². The number of hydrogen-bond acceptors (Lipinski definition) is 10. The lowest BCUT2D eigenvalue weighted by atomic mass is 10.1. The van der Waals surface area contributed by atoms with E-state index in [-0.39, 0.29) is 12.8 Å². The van der Waals surface area contributed by atoms with Crippen LogP contribution in [0.2, 0.25) is 0 Å². The molecule has 0 aliphatic heterocycles. The molecule has 0 aliphatic carbocycles. The number of phosphoric ester groups is 1. The molecular weight excluding hydrogens is 735 g/mol. The third-order valence-electron chi connectivity index (χ3n) is 8.45. The molecule has 0 amide bonds.